The van der Waals surface area contributed by atoms with Crippen LogP contribution in [0.3, 0.4) is 0 Å². The highest BCUT2D eigenvalue weighted by molar-refractivity contribution is 5.72. The first-order valence-corrected chi connectivity index (χ1v) is 6.53. The molecule has 0 aliphatic carbocycles. The van der Waals surface area contributed by atoms with Crippen molar-refractivity contribution >= 4 is 5.57 Å². The second kappa shape index (κ2) is 7.55. The van der Waals surface area contributed by atoms with Crippen LogP contribution in [-0.2, 0) is 0 Å². The van der Waals surface area contributed by atoms with Crippen molar-refractivity contribution in [2.75, 3.05) is 7.11 Å². The van der Waals surface area contributed by atoms with E-state index in [2.05, 4.69) is 19.9 Å². The number of hydrogen-bond donors (Lipinski definition) is 0. The van der Waals surface area contributed by atoms with E-state index in [1.165, 1.54) is 5.57 Å². The molecule has 1 aromatic carbocycles. The zero-order valence-corrected chi connectivity index (χ0v) is 11.5. The third-order valence-electron chi connectivity index (χ3n) is 2.94. The van der Waals surface area contributed by atoms with Crippen LogP contribution in [0, 0.1) is 11.3 Å². The van der Waals surface area contributed by atoms with Crippen molar-refractivity contribution < 1.29 is 4.74 Å². The topological polar surface area (TPSA) is 33.0 Å². The SMILES string of the molecule is CCC/C(C#N)=C(\CCC)c1ccc(OC)cc1. The third kappa shape index (κ3) is 3.63. The maximum atomic E-state index is 9.28. The van der Waals surface area contributed by atoms with Crippen molar-refractivity contribution in [3.05, 3.63) is 35.4 Å². The number of methoxy groups -OCH3 is 1. The molecule has 0 saturated heterocycles. The summed E-state index contributed by atoms with van der Waals surface area (Å²) in [7, 11) is 1.66. The molecule has 0 radical (unpaired) electrons. The molecule has 1 rings (SSSR count). The Labute approximate surface area is 110 Å². The molecule has 0 unspecified atom stereocenters. The number of benzene rings is 1. The Kier molecular flexibility index (Phi) is 6.00. The normalized spacial score (nSPS) is 11.7. The molecule has 0 aromatic heterocycles. The molecule has 1 aromatic rings. The fraction of sp³-hybridized carbons (Fsp3) is 0.438. The molecule has 96 valence electrons. The molecule has 0 aliphatic rings. The molecule has 0 spiro atoms. The molecule has 0 bridgehead atoms. The summed E-state index contributed by atoms with van der Waals surface area (Å²) < 4.78 is 5.16. The van der Waals surface area contributed by atoms with Crippen LogP contribution in [0.25, 0.3) is 5.57 Å². The van der Waals surface area contributed by atoms with Gasteiger partial charge in [-0.15, -0.1) is 0 Å². The van der Waals surface area contributed by atoms with E-state index in [1.54, 1.807) is 7.11 Å². The lowest BCUT2D eigenvalue weighted by Crippen LogP contribution is -1.92. The van der Waals surface area contributed by atoms with E-state index in [0.29, 0.717) is 0 Å². The highest BCUT2D eigenvalue weighted by atomic mass is 16.5. The number of hydrogen-bond acceptors (Lipinski definition) is 2. The molecular formula is C16H21NO. The van der Waals surface area contributed by atoms with Gasteiger partial charge in [0, 0.05) is 5.57 Å². The molecule has 0 amide bonds. The Balaban J connectivity index is 3.14. The van der Waals surface area contributed by atoms with E-state index in [4.69, 9.17) is 4.74 Å². The molecule has 0 heterocycles. The predicted molar refractivity (Wildman–Crippen MR) is 75.3 cm³/mol. The van der Waals surface area contributed by atoms with Crippen LogP contribution < -0.4 is 4.74 Å². The maximum absolute atomic E-state index is 9.28. The van der Waals surface area contributed by atoms with Crippen molar-refractivity contribution in [3.63, 3.8) is 0 Å². The quantitative estimate of drug-likeness (QED) is 0.685. The molecule has 18 heavy (non-hydrogen) atoms. The van der Waals surface area contributed by atoms with Gasteiger partial charge in [-0.3, -0.25) is 0 Å². The second-order valence-electron chi connectivity index (χ2n) is 4.30. The lowest BCUT2D eigenvalue weighted by Gasteiger charge is -2.10. The minimum atomic E-state index is 0.851. The van der Waals surface area contributed by atoms with Gasteiger partial charge in [-0.25, -0.2) is 0 Å². The smallest absolute Gasteiger partial charge is 0.118 e. The lowest BCUT2D eigenvalue weighted by atomic mass is 9.94. The van der Waals surface area contributed by atoms with Crippen molar-refractivity contribution in [2.24, 2.45) is 0 Å². The van der Waals surface area contributed by atoms with Crippen molar-refractivity contribution in [1.29, 1.82) is 5.26 Å². The zero-order chi connectivity index (χ0) is 13.4. The Morgan fingerprint density at radius 2 is 1.72 bits per heavy atom. The van der Waals surface area contributed by atoms with Gasteiger partial charge in [-0.1, -0.05) is 38.8 Å². The van der Waals surface area contributed by atoms with Crippen molar-refractivity contribution in [3.8, 4) is 11.8 Å². The van der Waals surface area contributed by atoms with E-state index in [1.807, 2.05) is 24.3 Å². The molecule has 0 aliphatic heterocycles. The van der Waals surface area contributed by atoms with Crippen LogP contribution in [0.2, 0.25) is 0 Å². The van der Waals surface area contributed by atoms with Crippen LogP contribution in [-0.4, -0.2) is 7.11 Å². The van der Waals surface area contributed by atoms with E-state index >= 15 is 0 Å². The molecule has 0 saturated carbocycles. The van der Waals surface area contributed by atoms with E-state index in [9.17, 15) is 5.26 Å². The molecule has 0 fully saturated rings. The van der Waals surface area contributed by atoms with Gasteiger partial charge in [0.05, 0.1) is 13.2 Å². The monoisotopic (exact) mass is 243 g/mol. The molecule has 2 nitrogen and oxygen atoms in total. The molecule has 0 N–H and O–H groups in total. The van der Waals surface area contributed by atoms with Gasteiger partial charge in [-0.05, 0) is 36.1 Å². The van der Waals surface area contributed by atoms with Crippen LogP contribution in [0.1, 0.15) is 45.1 Å². The van der Waals surface area contributed by atoms with Gasteiger partial charge in [0.2, 0.25) is 0 Å². The van der Waals surface area contributed by atoms with Gasteiger partial charge in [0.1, 0.15) is 5.75 Å². The Morgan fingerprint density at radius 1 is 1.11 bits per heavy atom. The average molecular weight is 243 g/mol. The maximum Gasteiger partial charge on any atom is 0.118 e. The van der Waals surface area contributed by atoms with Crippen LogP contribution in [0.4, 0.5) is 0 Å². The Morgan fingerprint density at radius 3 is 2.17 bits per heavy atom. The van der Waals surface area contributed by atoms with Crippen molar-refractivity contribution in [2.45, 2.75) is 39.5 Å². The number of allylic oxidation sites excluding steroid dienone is 2. The summed E-state index contributed by atoms with van der Waals surface area (Å²) in [4.78, 5) is 0. The summed E-state index contributed by atoms with van der Waals surface area (Å²) in [5.41, 5.74) is 3.25. The van der Waals surface area contributed by atoms with Gasteiger partial charge < -0.3 is 4.74 Å². The summed E-state index contributed by atoms with van der Waals surface area (Å²) in [5.74, 6) is 0.851. The summed E-state index contributed by atoms with van der Waals surface area (Å²) >= 11 is 0. The number of rotatable bonds is 6. The summed E-state index contributed by atoms with van der Waals surface area (Å²) in [6, 6.07) is 10.3. The minimum absolute atomic E-state index is 0.851. The third-order valence-corrected chi connectivity index (χ3v) is 2.94. The first kappa shape index (κ1) is 14.3. The van der Waals surface area contributed by atoms with Crippen LogP contribution in [0.15, 0.2) is 29.8 Å². The van der Waals surface area contributed by atoms with Crippen LogP contribution >= 0.6 is 0 Å². The molecular weight excluding hydrogens is 222 g/mol. The number of nitriles is 1. The highest BCUT2D eigenvalue weighted by Crippen LogP contribution is 2.27. The van der Waals surface area contributed by atoms with E-state index in [-0.39, 0.29) is 0 Å². The van der Waals surface area contributed by atoms with Gasteiger partial charge in [-0.2, -0.15) is 5.26 Å². The summed E-state index contributed by atoms with van der Waals surface area (Å²) in [6.45, 7) is 4.25. The second-order valence-corrected chi connectivity index (χ2v) is 4.30. The Hall–Kier alpha value is -1.75. The fourth-order valence-electron chi connectivity index (χ4n) is 2.04. The minimum Gasteiger partial charge on any atom is -0.497 e. The fourth-order valence-corrected chi connectivity index (χ4v) is 2.04. The van der Waals surface area contributed by atoms with Crippen LogP contribution in [0.5, 0.6) is 5.75 Å². The Bertz CT molecular complexity index is 437. The molecule has 2 heteroatoms. The standard InChI is InChI=1S/C16H21NO/c1-4-6-14(12-17)16(7-5-2)13-8-10-15(18-3)11-9-13/h8-11H,4-7H2,1-3H3/b16-14-. The van der Waals surface area contributed by atoms with Gasteiger partial charge in [0.25, 0.3) is 0 Å². The van der Waals surface area contributed by atoms with Crippen molar-refractivity contribution in [1.82, 2.24) is 0 Å². The summed E-state index contributed by atoms with van der Waals surface area (Å²) in [6.07, 6.45) is 3.87. The van der Waals surface area contributed by atoms with Gasteiger partial charge in [0.15, 0.2) is 0 Å². The largest absolute Gasteiger partial charge is 0.497 e. The zero-order valence-electron chi connectivity index (χ0n) is 11.5. The lowest BCUT2D eigenvalue weighted by molar-refractivity contribution is 0.415. The predicted octanol–water partition coefficient (Wildman–Crippen LogP) is 4.57. The summed E-state index contributed by atoms with van der Waals surface area (Å²) in [5, 5.41) is 9.28. The molecule has 0 atom stereocenters. The average Bonchev–Trinajstić information content (AvgIpc) is 2.43. The first-order chi connectivity index (χ1) is 8.76. The van der Waals surface area contributed by atoms with E-state index in [0.717, 1.165) is 42.6 Å². The van der Waals surface area contributed by atoms with Gasteiger partial charge >= 0.3 is 0 Å². The number of nitrogens with zero attached hydrogens (tertiary/aromatic N) is 1. The first-order valence-electron chi connectivity index (χ1n) is 6.53. The number of ether oxygens (including phenoxy) is 1. The highest BCUT2D eigenvalue weighted by Gasteiger charge is 2.08. The van der Waals surface area contributed by atoms with E-state index < -0.39 is 0 Å².